The number of carbonyl (C=O) groups excluding carboxylic acids is 1. The summed E-state index contributed by atoms with van der Waals surface area (Å²) in [5.74, 6) is 0. The van der Waals surface area contributed by atoms with Crippen LogP contribution in [0.3, 0.4) is 0 Å². The van der Waals surface area contributed by atoms with Gasteiger partial charge in [-0.15, -0.1) is 0 Å². The molecule has 0 unspecified atom stereocenters. The summed E-state index contributed by atoms with van der Waals surface area (Å²) in [5, 5.41) is 11.0. The van der Waals surface area contributed by atoms with Gasteiger partial charge in [0.1, 0.15) is 11.0 Å². The average molecular weight is 391 g/mol. The molecule has 29 heavy (non-hydrogen) atoms. The molecular weight excluding hydrogens is 366 g/mol. The monoisotopic (exact) mass is 391 g/mol. The van der Waals surface area contributed by atoms with Crippen LogP contribution < -0.4 is 10.2 Å². The predicted octanol–water partition coefficient (Wildman–Crippen LogP) is 3.52. The molecule has 2 amide bonds. The van der Waals surface area contributed by atoms with Gasteiger partial charge in [0.15, 0.2) is 0 Å². The zero-order valence-electron chi connectivity index (χ0n) is 16.8. The van der Waals surface area contributed by atoms with Crippen molar-refractivity contribution >= 4 is 22.8 Å². The van der Waals surface area contributed by atoms with Crippen molar-refractivity contribution in [2.45, 2.75) is 36.8 Å². The first-order chi connectivity index (χ1) is 14.0. The van der Waals surface area contributed by atoms with Crippen molar-refractivity contribution in [3.8, 4) is 0 Å². The fraction of sp³-hybridized carbons (Fsp3) is 0.409. The first kappa shape index (κ1) is 18.1. The summed E-state index contributed by atoms with van der Waals surface area (Å²) in [4.78, 5) is 17.0. The van der Waals surface area contributed by atoms with Crippen molar-refractivity contribution in [2.75, 3.05) is 25.5 Å². The Balaban J connectivity index is 1.38. The number of urea groups is 1. The minimum atomic E-state index is -0.192. The number of benzene rings is 2. The summed E-state index contributed by atoms with van der Waals surface area (Å²) in [6.45, 7) is 0.668. The highest BCUT2D eigenvalue weighted by atomic mass is 16.6. The van der Waals surface area contributed by atoms with Gasteiger partial charge in [0.25, 0.3) is 0 Å². The molecule has 0 atom stereocenters. The summed E-state index contributed by atoms with van der Waals surface area (Å²) in [5.41, 5.74) is 3.35. The molecule has 2 aliphatic rings. The van der Waals surface area contributed by atoms with Crippen molar-refractivity contribution in [2.24, 2.45) is 0 Å². The number of nitrogens with zero attached hydrogens (tertiary/aromatic N) is 4. The fourth-order valence-corrected chi connectivity index (χ4v) is 5.02. The topological polar surface area (TPSA) is 74.5 Å². The van der Waals surface area contributed by atoms with E-state index in [0.29, 0.717) is 17.6 Å². The highest BCUT2D eigenvalue weighted by Crippen LogP contribution is 2.46. The molecule has 0 bridgehead atoms. The van der Waals surface area contributed by atoms with E-state index in [1.807, 2.05) is 23.1 Å². The maximum Gasteiger partial charge on any atom is 0.322 e. The molecule has 1 aromatic heterocycles. The van der Waals surface area contributed by atoms with E-state index in [1.165, 1.54) is 5.56 Å². The number of aromatic nitrogens is 2. The van der Waals surface area contributed by atoms with Crippen LogP contribution in [-0.2, 0) is 5.54 Å². The van der Waals surface area contributed by atoms with Crippen molar-refractivity contribution in [3.05, 3.63) is 54.1 Å². The summed E-state index contributed by atoms with van der Waals surface area (Å²) in [7, 11) is 4.32. The van der Waals surface area contributed by atoms with Crippen LogP contribution in [-0.4, -0.2) is 47.4 Å². The Kier molecular flexibility index (Phi) is 4.10. The van der Waals surface area contributed by atoms with Crippen LogP contribution in [0.4, 0.5) is 10.5 Å². The maximum absolute atomic E-state index is 12.8. The van der Waals surface area contributed by atoms with E-state index in [-0.39, 0.29) is 17.1 Å². The molecule has 2 heterocycles. The van der Waals surface area contributed by atoms with Gasteiger partial charge in [0.2, 0.25) is 0 Å². The molecule has 1 N–H and O–H groups in total. The molecule has 1 saturated heterocycles. The fourth-order valence-electron chi connectivity index (χ4n) is 5.02. The van der Waals surface area contributed by atoms with E-state index in [4.69, 9.17) is 4.63 Å². The largest absolute Gasteiger partial charge is 0.330 e. The minimum Gasteiger partial charge on any atom is -0.330 e. The highest BCUT2D eigenvalue weighted by molar-refractivity contribution is 5.97. The molecule has 2 aromatic carbocycles. The Morgan fingerprint density at radius 2 is 1.72 bits per heavy atom. The lowest BCUT2D eigenvalue weighted by Gasteiger charge is -2.48. The van der Waals surface area contributed by atoms with E-state index in [1.54, 1.807) is 0 Å². The van der Waals surface area contributed by atoms with Crippen LogP contribution in [0.25, 0.3) is 11.0 Å². The number of hydrogen-bond donors (Lipinski definition) is 1. The second kappa shape index (κ2) is 6.56. The van der Waals surface area contributed by atoms with Gasteiger partial charge in [-0.25, -0.2) is 9.42 Å². The van der Waals surface area contributed by atoms with E-state index in [0.717, 1.165) is 31.4 Å². The Bertz CT molecular complexity index is 1040. The predicted molar refractivity (Wildman–Crippen MR) is 111 cm³/mol. The molecule has 7 heteroatoms. The van der Waals surface area contributed by atoms with Crippen molar-refractivity contribution in [3.63, 3.8) is 0 Å². The first-order valence-electron chi connectivity index (χ1n) is 10.1. The summed E-state index contributed by atoms with van der Waals surface area (Å²) in [6.07, 6.45) is 3.89. The third-order valence-corrected chi connectivity index (χ3v) is 6.83. The zero-order chi connectivity index (χ0) is 20.1. The quantitative estimate of drug-likeness (QED) is 0.739. The van der Waals surface area contributed by atoms with Gasteiger partial charge in [-0.3, -0.25) is 9.80 Å². The number of amides is 2. The van der Waals surface area contributed by atoms with Gasteiger partial charge < -0.3 is 5.32 Å². The second-order valence-corrected chi connectivity index (χ2v) is 8.53. The smallest absolute Gasteiger partial charge is 0.322 e. The average Bonchev–Trinajstić information content (AvgIpc) is 3.33. The summed E-state index contributed by atoms with van der Waals surface area (Å²) < 4.78 is 4.78. The van der Waals surface area contributed by atoms with E-state index in [2.05, 4.69) is 65.0 Å². The minimum absolute atomic E-state index is 0.00987. The van der Waals surface area contributed by atoms with Crippen molar-refractivity contribution in [1.29, 1.82) is 0 Å². The zero-order valence-corrected chi connectivity index (χ0v) is 16.8. The third kappa shape index (κ3) is 2.88. The van der Waals surface area contributed by atoms with Gasteiger partial charge in [0, 0.05) is 11.2 Å². The maximum atomic E-state index is 12.8. The number of rotatable bonds is 3. The Labute approximate surface area is 169 Å². The lowest BCUT2D eigenvalue weighted by Crippen LogP contribution is -2.54. The van der Waals surface area contributed by atoms with Gasteiger partial charge in [-0.2, -0.15) is 0 Å². The standard InChI is InChI=1S/C22H25N5O2/c1-26(2)22(16-6-4-3-5-7-16)12-10-21(11-13-22)15-27(20(28)23-21)17-8-9-18-19(14-17)25-29-24-18/h3-9,14H,10-13,15H2,1-2H3,(H,23,28). The number of nitrogens with one attached hydrogen (secondary N) is 1. The Morgan fingerprint density at radius 3 is 2.45 bits per heavy atom. The number of hydrogen-bond acceptors (Lipinski definition) is 5. The van der Waals surface area contributed by atoms with Crippen LogP contribution in [0.5, 0.6) is 0 Å². The van der Waals surface area contributed by atoms with Crippen molar-refractivity contribution in [1.82, 2.24) is 20.5 Å². The van der Waals surface area contributed by atoms with Crippen LogP contribution >= 0.6 is 0 Å². The third-order valence-electron chi connectivity index (χ3n) is 6.83. The SMILES string of the molecule is CN(C)C1(c2ccccc2)CCC2(CC1)CN(c1ccc3nonc3c1)C(=O)N2. The Hall–Kier alpha value is -2.93. The lowest BCUT2D eigenvalue weighted by atomic mass is 9.69. The number of fused-ring (bicyclic) bond motifs is 1. The van der Waals surface area contributed by atoms with E-state index >= 15 is 0 Å². The van der Waals surface area contributed by atoms with E-state index in [9.17, 15) is 4.79 Å². The van der Waals surface area contributed by atoms with Crippen LogP contribution in [0.15, 0.2) is 53.2 Å². The molecule has 0 radical (unpaired) electrons. The molecular formula is C22H25N5O2. The summed E-state index contributed by atoms with van der Waals surface area (Å²) in [6, 6.07) is 16.3. The van der Waals surface area contributed by atoms with Gasteiger partial charge in [-0.05, 0) is 73.9 Å². The number of carbonyl (C=O) groups is 1. The Morgan fingerprint density at radius 1 is 1.00 bits per heavy atom. The summed E-state index contributed by atoms with van der Waals surface area (Å²) >= 11 is 0. The molecule has 1 spiro atoms. The molecule has 1 aliphatic heterocycles. The highest BCUT2D eigenvalue weighted by Gasteiger charge is 2.50. The van der Waals surface area contributed by atoms with E-state index < -0.39 is 0 Å². The lowest BCUT2D eigenvalue weighted by molar-refractivity contribution is 0.0658. The first-order valence-corrected chi connectivity index (χ1v) is 10.1. The molecule has 5 rings (SSSR count). The van der Waals surface area contributed by atoms with Gasteiger partial charge in [0.05, 0.1) is 12.1 Å². The molecule has 2 fully saturated rings. The molecule has 3 aromatic rings. The molecule has 7 nitrogen and oxygen atoms in total. The van der Waals surface area contributed by atoms with Crippen molar-refractivity contribution < 1.29 is 9.42 Å². The van der Waals surface area contributed by atoms with Gasteiger partial charge >= 0.3 is 6.03 Å². The van der Waals surface area contributed by atoms with Gasteiger partial charge in [-0.1, -0.05) is 30.3 Å². The molecule has 1 aliphatic carbocycles. The van der Waals surface area contributed by atoms with Crippen LogP contribution in [0.2, 0.25) is 0 Å². The molecule has 1 saturated carbocycles. The molecule has 150 valence electrons. The number of anilines is 1. The van der Waals surface area contributed by atoms with Crippen LogP contribution in [0.1, 0.15) is 31.2 Å². The normalized spacial score (nSPS) is 27.1. The second-order valence-electron chi connectivity index (χ2n) is 8.53. The van der Waals surface area contributed by atoms with Crippen LogP contribution in [0, 0.1) is 0 Å².